The van der Waals surface area contributed by atoms with Gasteiger partial charge in [-0.25, -0.2) is 4.98 Å². The lowest BCUT2D eigenvalue weighted by Gasteiger charge is -2.10. The molecule has 0 atom stereocenters. The fourth-order valence-corrected chi connectivity index (χ4v) is 1.78. The molecule has 2 aliphatic carbocycles. The van der Waals surface area contributed by atoms with Crippen molar-refractivity contribution in [2.45, 2.75) is 37.6 Å². The zero-order chi connectivity index (χ0) is 12.4. The predicted molar refractivity (Wildman–Crippen MR) is 68.0 cm³/mol. The average molecular weight is 249 g/mol. The predicted octanol–water partition coefficient (Wildman–Crippen LogP) is 1.95. The first-order valence-electron chi connectivity index (χ1n) is 6.62. The third kappa shape index (κ3) is 3.10. The lowest BCUT2D eigenvalue weighted by atomic mass is 10.4. The van der Waals surface area contributed by atoms with Crippen LogP contribution in [0.3, 0.4) is 0 Å². The lowest BCUT2D eigenvalue weighted by molar-refractivity contribution is 0.143. The number of nitrogens with zero attached hydrogens (tertiary/aromatic N) is 2. The van der Waals surface area contributed by atoms with Crippen molar-refractivity contribution < 1.29 is 9.47 Å². The number of methoxy groups -OCH3 is 1. The van der Waals surface area contributed by atoms with Crippen LogP contribution in [0.15, 0.2) is 6.07 Å². The summed E-state index contributed by atoms with van der Waals surface area (Å²) in [5, 5.41) is 3.41. The second-order valence-electron chi connectivity index (χ2n) is 4.98. The van der Waals surface area contributed by atoms with Crippen molar-refractivity contribution in [2.75, 3.05) is 25.6 Å². The maximum absolute atomic E-state index is 5.59. The monoisotopic (exact) mass is 249 g/mol. The number of ether oxygens (including phenoxy) is 2. The molecule has 2 fully saturated rings. The highest BCUT2D eigenvalue weighted by Crippen LogP contribution is 2.39. The Balaban J connectivity index is 1.71. The molecule has 3 rings (SSSR count). The number of hydrogen-bond donors (Lipinski definition) is 1. The minimum absolute atomic E-state index is 0.528. The van der Waals surface area contributed by atoms with Crippen molar-refractivity contribution >= 4 is 5.82 Å². The molecular formula is C13H19N3O2. The Bertz CT molecular complexity index is 417. The Hall–Kier alpha value is -1.36. The van der Waals surface area contributed by atoms with Crippen molar-refractivity contribution in [2.24, 2.45) is 0 Å². The van der Waals surface area contributed by atoms with Gasteiger partial charge in [0.25, 0.3) is 0 Å². The molecule has 0 bridgehead atoms. The van der Waals surface area contributed by atoms with Crippen LogP contribution >= 0.6 is 0 Å². The van der Waals surface area contributed by atoms with E-state index in [1.807, 2.05) is 6.07 Å². The minimum atomic E-state index is 0.528. The van der Waals surface area contributed by atoms with E-state index >= 15 is 0 Å². The van der Waals surface area contributed by atoms with Crippen LogP contribution in [0.1, 0.15) is 37.4 Å². The summed E-state index contributed by atoms with van der Waals surface area (Å²) in [6.45, 7) is 1.11. The van der Waals surface area contributed by atoms with Crippen LogP contribution in [0, 0.1) is 0 Å². The molecule has 0 unspecified atom stereocenters. The van der Waals surface area contributed by atoms with Crippen LogP contribution in [-0.4, -0.2) is 36.3 Å². The largest absolute Gasteiger partial charge is 0.475 e. The quantitative estimate of drug-likeness (QED) is 0.748. The molecule has 1 heterocycles. The van der Waals surface area contributed by atoms with Crippen LogP contribution in [0.25, 0.3) is 0 Å². The van der Waals surface area contributed by atoms with Crippen LogP contribution < -0.4 is 10.1 Å². The summed E-state index contributed by atoms with van der Waals surface area (Å²) in [5.74, 6) is 3.03. The van der Waals surface area contributed by atoms with Crippen LogP contribution in [0.5, 0.6) is 5.88 Å². The topological polar surface area (TPSA) is 56.3 Å². The highest BCUT2D eigenvalue weighted by molar-refractivity contribution is 5.41. The number of rotatable bonds is 7. The molecule has 18 heavy (non-hydrogen) atoms. The SMILES string of the molecule is COCCOc1cc(NC2CC2)nc(C2CC2)n1. The summed E-state index contributed by atoms with van der Waals surface area (Å²) >= 11 is 0. The third-order valence-electron chi connectivity index (χ3n) is 3.13. The molecule has 0 spiro atoms. The summed E-state index contributed by atoms with van der Waals surface area (Å²) in [6.07, 6.45) is 4.88. The van der Waals surface area contributed by atoms with E-state index in [1.165, 1.54) is 25.7 Å². The molecule has 1 aromatic rings. The fraction of sp³-hybridized carbons (Fsp3) is 0.692. The van der Waals surface area contributed by atoms with Crippen LogP contribution in [0.4, 0.5) is 5.82 Å². The zero-order valence-electron chi connectivity index (χ0n) is 10.7. The Morgan fingerprint density at radius 2 is 2.06 bits per heavy atom. The fourth-order valence-electron chi connectivity index (χ4n) is 1.78. The molecule has 0 radical (unpaired) electrons. The molecule has 0 aliphatic heterocycles. The Kier molecular flexibility index (Phi) is 3.32. The smallest absolute Gasteiger partial charge is 0.218 e. The van der Waals surface area contributed by atoms with Gasteiger partial charge in [-0.1, -0.05) is 0 Å². The van der Waals surface area contributed by atoms with Gasteiger partial charge in [0.1, 0.15) is 18.2 Å². The molecule has 5 nitrogen and oxygen atoms in total. The molecule has 0 amide bonds. The second kappa shape index (κ2) is 5.10. The van der Waals surface area contributed by atoms with Crippen molar-refractivity contribution in [1.29, 1.82) is 0 Å². The van der Waals surface area contributed by atoms with E-state index in [1.54, 1.807) is 7.11 Å². The Morgan fingerprint density at radius 3 is 2.72 bits per heavy atom. The van der Waals surface area contributed by atoms with E-state index in [-0.39, 0.29) is 0 Å². The van der Waals surface area contributed by atoms with Gasteiger partial charge in [-0.05, 0) is 25.7 Å². The van der Waals surface area contributed by atoms with Gasteiger partial charge in [-0.15, -0.1) is 0 Å². The van der Waals surface area contributed by atoms with Crippen LogP contribution in [-0.2, 0) is 4.74 Å². The molecule has 0 aromatic carbocycles. The van der Waals surface area contributed by atoms with Crippen molar-refractivity contribution in [3.05, 3.63) is 11.9 Å². The van der Waals surface area contributed by atoms with E-state index in [2.05, 4.69) is 15.3 Å². The standard InChI is InChI=1S/C13H19N3O2/c1-17-6-7-18-12-8-11(14-10-4-5-10)15-13(16-12)9-2-3-9/h8-10H,2-7H2,1H3,(H,14,15,16). The first kappa shape index (κ1) is 11.7. The van der Waals surface area contributed by atoms with Gasteiger partial charge >= 0.3 is 0 Å². The zero-order valence-corrected chi connectivity index (χ0v) is 10.7. The number of aromatic nitrogens is 2. The van der Waals surface area contributed by atoms with Gasteiger partial charge < -0.3 is 14.8 Å². The van der Waals surface area contributed by atoms with E-state index in [0.717, 1.165) is 11.6 Å². The summed E-state index contributed by atoms with van der Waals surface area (Å²) < 4.78 is 10.6. The maximum Gasteiger partial charge on any atom is 0.218 e. The highest BCUT2D eigenvalue weighted by atomic mass is 16.5. The van der Waals surface area contributed by atoms with Gasteiger partial charge in [-0.2, -0.15) is 4.98 Å². The Labute approximate surface area is 107 Å². The highest BCUT2D eigenvalue weighted by Gasteiger charge is 2.28. The lowest BCUT2D eigenvalue weighted by Crippen LogP contribution is -2.09. The Morgan fingerprint density at radius 1 is 1.22 bits per heavy atom. The van der Waals surface area contributed by atoms with E-state index in [9.17, 15) is 0 Å². The number of nitrogens with one attached hydrogen (secondary N) is 1. The molecule has 5 heteroatoms. The number of hydrogen-bond acceptors (Lipinski definition) is 5. The third-order valence-corrected chi connectivity index (χ3v) is 3.13. The average Bonchev–Trinajstić information content (AvgIpc) is 3.23. The molecule has 98 valence electrons. The molecule has 0 saturated heterocycles. The van der Waals surface area contributed by atoms with Crippen molar-refractivity contribution in [3.63, 3.8) is 0 Å². The second-order valence-corrected chi connectivity index (χ2v) is 4.98. The first-order valence-corrected chi connectivity index (χ1v) is 6.62. The van der Waals surface area contributed by atoms with Gasteiger partial charge in [0.15, 0.2) is 0 Å². The van der Waals surface area contributed by atoms with Gasteiger partial charge in [0.05, 0.1) is 6.61 Å². The summed E-state index contributed by atoms with van der Waals surface area (Å²) in [5.41, 5.74) is 0. The van der Waals surface area contributed by atoms with Gasteiger partial charge in [-0.3, -0.25) is 0 Å². The molecular weight excluding hydrogens is 230 g/mol. The molecule has 1 N–H and O–H groups in total. The minimum Gasteiger partial charge on any atom is -0.475 e. The van der Waals surface area contributed by atoms with Gasteiger partial charge in [0, 0.05) is 25.1 Å². The summed E-state index contributed by atoms with van der Waals surface area (Å²) in [7, 11) is 1.67. The van der Waals surface area contributed by atoms with E-state index in [4.69, 9.17) is 9.47 Å². The van der Waals surface area contributed by atoms with E-state index in [0.29, 0.717) is 31.1 Å². The number of anilines is 1. The summed E-state index contributed by atoms with van der Waals surface area (Å²) in [6, 6.07) is 2.48. The maximum atomic E-state index is 5.59. The molecule has 2 aliphatic rings. The molecule has 1 aromatic heterocycles. The summed E-state index contributed by atoms with van der Waals surface area (Å²) in [4.78, 5) is 9.04. The van der Waals surface area contributed by atoms with E-state index < -0.39 is 0 Å². The van der Waals surface area contributed by atoms with Gasteiger partial charge in [0.2, 0.25) is 5.88 Å². The normalized spacial score (nSPS) is 18.7. The first-order chi connectivity index (χ1) is 8.85. The molecule has 2 saturated carbocycles. The van der Waals surface area contributed by atoms with Crippen LogP contribution in [0.2, 0.25) is 0 Å². The van der Waals surface area contributed by atoms with Crippen molar-refractivity contribution in [1.82, 2.24) is 9.97 Å². The van der Waals surface area contributed by atoms with Crippen molar-refractivity contribution in [3.8, 4) is 5.88 Å².